The zero-order chi connectivity index (χ0) is 26.0. The molecule has 0 bridgehead atoms. The number of carbonyl (C=O) groups is 1. The second kappa shape index (κ2) is 9.60. The lowest BCUT2D eigenvalue weighted by molar-refractivity contribution is -0.394. The minimum atomic E-state index is -0.792. The summed E-state index contributed by atoms with van der Waals surface area (Å²) in [7, 11) is 0. The third-order valence-electron chi connectivity index (χ3n) is 4.78. The number of carbonyl (C=O) groups excluding carboxylic acids is 1. The number of hydrogen-bond donors (Lipinski definition) is 0. The summed E-state index contributed by atoms with van der Waals surface area (Å²) < 4.78 is 10.6. The number of esters is 1. The van der Waals surface area contributed by atoms with Crippen molar-refractivity contribution in [2.45, 2.75) is 0 Å². The average molecular weight is 511 g/mol. The lowest BCUT2D eigenvalue weighted by Gasteiger charge is -2.06. The van der Waals surface area contributed by atoms with E-state index >= 15 is 0 Å². The molecule has 14 heteroatoms. The molecule has 0 radical (unpaired) electrons. The van der Waals surface area contributed by atoms with Gasteiger partial charge in [0.25, 0.3) is 11.4 Å². The van der Waals surface area contributed by atoms with Gasteiger partial charge in [0, 0.05) is 18.2 Å². The minimum Gasteiger partial charge on any atom is -0.450 e. The lowest BCUT2D eigenvalue weighted by Crippen LogP contribution is -2.06. The Morgan fingerprint density at radius 1 is 0.861 bits per heavy atom. The van der Waals surface area contributed by atoms with E-state index in [0.717, 1.165) is 24.3 Å². The molecule has 3 aromatic carbocycles. The second-order valence-corrected chi connectivity index (χ2v) is 7.50. The number of aliphatic imine (C=N–C) groups is 1. The predicted molar refractivity (Wildman–Crippen MR) is 125 cm³/mol. The fourth-order valence-corrected chi connectivity index (χ4v) is 3.34. The molecule has 0 fully saturated rings. The maximum absolute atomic E-state index is 12.2. The van der Waals surface area contributed by atoms with Gasteiger partial charge in [-0.3, -0.25) is 30.3 Å². The molecule has 0 aliphatic carbocycles. The molecule has 1 heterocycles. The number of nitro groups is 3. The van der Waals surface area contributed by atoms with Crippen LogP contribution in [0.1, 0.15) is 11.1 Å². The smallest absolute Gasteiger partial charge is 0.363 e. The van der Waals surface area contributed by atoms with Crippen molar-refractivity contribution >= 4 is 46.6 Å². The van der Waals surface area contributed by atoms with Gasteiger partial charge in [0.05, 0.1) is 31.4 Å². The maximum Gasteiger partial charge on any atom is 0.363 e. The van der Waals surface area contributed by atoms with Crippen LogP contribution in [0.2, 0.25) is 5.02 Å². The van der Waals surface area contributed by atoms with E-state index in [1.54, 1.807) is 12.1 Å². The van der Waals surface area contributed by atoms with Crippen molar-refractivity contribution in [2.24, 2.45) is 4.99 Å². The molecule has 1 aliphatic heterocycles. The first-order chi connectivity index (χ1) is 17.1. The molecule has 180 valence electrons. The van der Waals surface area contributed by atoms with Crippen LogP contribution in [0.4, 0.5) is 17.1 Å². The van der Waals surface area contributed by atoms with E-state index in [4.69, 9.17) is 21.1 Å². The lowest BCUT2D eigenvalue weighted by atomic mass is 10.2. The van der Waals surface area contributed by atoms with Gasteiger partial charge in [-0.25, -0.2) is 9.79 Å². The van der Waals surface area contributed by atoms with Crippen LogP contribution in [0.15, 0.2) is 71.4 Å². The van der Waals surface area contributed by atoms with Gasteiger partial charge >= 0.3 is 11.7 Å². The fraction of sp³-hybridized carbons (Fsp3) is 0. The van der Waals surface area contributed by atoms with E-state index < -0.39 is 32.1 Å². The largest absolute Gasteiger partial charge is 0.450 e. The van der Waals surface area contributed by atoms with E-state index in [1.807, 2.05) is 0 Å². The number of nitrogens with zero attached hydrogens (tertiary/aromatic N) is 4. The predicted octanol–water partition coefficient (Wildman–Crippen LogP) is 5.20. The van der Waals surface area contributed by atoms with Crippen LogP contribution in [0.3, 0.4) is 0 Å². The van der Waals surface area contributed by atoms with Crippen LogP contribution in [0.25, 0.3) is 6.08 Å². The van der Waals surface area contributed by atoms with Crippen molar-refractivity contribution in [2.75, 3.05) is 0 Å². The van der Waals surface area contributed by atoms with Crippen molar-refractivity contribution in [3.63, 3.8) is 0 Å². The Balaban J connectivity index is 1.55. The SMILES string of the molecule is O=C1OC(c2ccc([N+](=O)[O-])cc2Cl)=N/C1=C\c1ccc(Oc2ccc([N+](=O)[O-])cc2[N+](=O)[O-])cc1. The van der Waals surface area contributed by atoms with Gasteiger partial charge in [-0.15, -0.1) is 0 Å². The third-order valence-corrected chi connectivity index (χ3v) is 5.09. The van der Waals surface area contributed by atoms with Crippen molar-refractivity contribution < 1.29 is 29.0 Å². The normalized spacial score (nSPS) is 13.8. The fourth-order valence-electron chi connectivity index (χ4n) is 3.08. The maximum atomic E-state index is 12.2. The number of ether oxygens (including phenoxy) is 2. The highest BCUT2D eigenvalue weighted by Gasteiger charge is 2.26. The zero-order valence-corrected chi connectivity index (χ0v) is 18.4. The number of benzene rings is 3. The Hall–Kier alpha value is -5.17. The van der Waals surface area contributed by atoms with Crippen LogP contribution in [0.5, 0.6) is 11.5 Å². The van der Waals surface area contributed by atoms with Crippen LogP contribution >= 0.6 is 11.6 Å². The molecule has 3 aromatic rings. The Kier molecular flexibility index (Phi) is 6.39. The van der Waals surface area contributed by atoms with Gasteiger partial charge in [0.1, 0.15) is 5.75 Å². The van der Waals surface area contributed by atoms with Crippen molar-refractivity contribution in [1.82, 2.24) is 0 Å². The standard InChI is InChI=1S/C22H11ClN4O9/c23-17-10-13(25(29)30)3-7-16(17)21-24-18(22(28)36-21)9-12-1-5-15(6-2-12)35-20-8-4-14(26(31)32)11-19(20)27(33)34/h1-11H/b18-9-. The van der Waals surface area contributed by atoms with Crippen molar-refractivity contribution in [1.29, 1.82) is 0 Å². The van der Waals surface area contributed by atoms with E-state index in [2.05, 4.69) is 4.99 Å². The second-order valence-electron chi connectivity index (χ2n) is 7.09. The average Bonchev–Trinajstić information content (AvgIpc) is 3.19. The minimum absolute atomic E-state index is 0.0150. The number of nitro benzene ring substituents is 3. The molecule has 0 N–H and O–H groups in total. The van der Waals surface area contributed by atoms with Gasteiger partial charge < -0.3 is 9.47 Å². The summed E-state index contributed by atoms with van der Waals surface area (Å²) in [4.78, 5) is 47.2. The zero-order valence-electron chi connectivity index (χ0n) is 17.7. The Morgan fingerprint density at radius 2 is 1.50 bits per heavy atom. The molecule has 13 nitrogen and oxygen atoms in total. The van der Waals surface area contributed by atoms with Crippen molar-refractivity contribution in [3.8, 4) is 11.5 Å². The molecule has 4 rings (SSSR count). The molecular weight excluding hydrogens is 500 g/mol. The van der Waals surface area contributed by atoms with Gasteiger partial charge in [-0.1, -0.05) is 23.7 Å². The number of halogens is 1. The summed E-state index contributed by atoms with van der Waals surface area (Å²) in [5.74, 6) is -0.868. The summed E-state index contributed by atoms with van der Waals surface area (Å²) in [6.45, 7) is 0. The first-order valence-corrected chi connectivity index (χ1v) is 10.2. The summed E-state index contributed by atoms with van der Waals surface area (Å²) in [5.41, 5.74) is -0.602. The third kappa shape index (κ3) is 5.00. The van der Waals surface area contributed by atoms with Crippen LogP contribution in [-0.2, 0) is 9.53 Å². The monoisotopic (exact) mass is 510 g/mol. The summed E-state index contributed by atoms with van der Waals surface area (Å²) >= 11 is 6.06. The molecule has 0 saturated heterocycles. The Morgan fingerprint density at radius 3 is 2.11 bits per heavy atom. The molecule has 36 heavy (non-hydrogen) atoms. The molecule has 1 aliphatic rings. The van der Waals surface area contributed by atoms with Gasteiger partial charge in [0.15, 0.2) is 5.70 Å². The summed E-state index contributed by atoms with van der Waals surface area (Å²) in [6, 6.07) is 12.7. The van der Waals surface area contributed by atoms with Crippen molar-refractivity contribution in [3.05, 3.63) is 113 Å². The first-order valence-electron chi connectivity index (χ1n) is 9.80. The highest BCUT2D eigenvalue weighted by Crippen LogP contribution is 2.34. The van der Waals surface area contributed by atoms with Crippen LogP contribution in [0, 0.1) is 30.3 Å². The molecule has 0 unspecified atom stereocenters. The summed E-state index contributed by atoms with van der Waals surface area (Å²) in [5, 5.41) is 33.0. The molecular formula is C22H11ClN4O9. The van der Waals surface area contributed by atoms with E-state index in [9.17, 15) is 35.1 Å². The first kappa shape index (κ1) is 24.0. The Bertz CT molecular complexity index is 1500. The van der Waals surface area contributed by atoms with E-state index in [0.29, 0.717) is 5.56 Å². The quantitative estimate of drug-likeness (QED) is 0.179. The highest BCUT2D eigenvalue weighted by atomic mass is 35.5. The number of non-ortho nitro benzene ring substituents is 2. The number of hydrogen-bond acceptors (Lipinski definition) is 10. The molecule has 0 atom stereocenters. The van der Waals surface area contributed by atoms with Gasteiger partial charge in [-0.2, -0.15) is 0 Å². The molecule has 0 amide bonds. The summed E-state index contributed by atoms with van der Waals surface area (Å²) in [6.07, 6.45) is 1.41. The molecule has 0 aromatic heterocycles. The number of cyclic esters (lactones) is 1. The molecule has 0 spiro atoms. The highest BCUT2D eigenvalue weighted by molar-refractivity contribution is 6.34. The van der Waals surface area contributed by atoms with E-state index in [-0.39, 0.29) is 39.4 Å². The van der Waals surface area contributed by atoms with Gasteiger partial charge in [0.2, 0.25) is 11.6 Å². The van der Waals surface area contributed by atoms with E-state index in [1.165, 1.54) is 30.3 Å². The topological polar surface area (TPSA) is 177 Å². The van der Waals surface area contributed by atoms with Crippen LogP contribution in [-0.4, -0.2) is 26.6 Å². The Labute approximate surface area is 205 Å². The number of rotatable bonds is 7. The van der Waals surface area contributed by atoms with Crippen LogP contribution < -0.4 is 4.74 Å². The molecule has 0 saturated carbocycles. The van der Waals surface area contributed by atoms with Gasteiger partial charge in [-0.05, 0) is 35.9 Å².